The third kappa shape index (κ3) is 2.27. The van der Waals surface area contributed by atoms with Crippen LogP contribution in [0.25, 0.3) is 0 Å². The van der Waals surface area contributed by atoms with Gasteiger partial charge in [0.25, 0.3) is 5.91 Å². The Bertz CT molecular complexity index is 445. The lowest BCUT2D eigenvalue weighted by Gasteiger charge is -1.97. The molecule has 0 saturated carbocycles. The molecule has 2 aromatic heterocycles. The van der Waals surface area contributed by atoms with Gasteiger partial charge in [-0.2, -0.15) is 0 Å². The predicted octanol–water partition coefficient (Wildman–Crippen LogP) is 3.16. The van der Waals surface area contributed by atoms with Crippen molar-refractivity contribution in [2.45, 2.75) is 13.3 Å². The first kappa shape index (κ1) is 9.98. The van der Waals surface area contributed by atoms with Gasteiger partial charge >= 0.3 is 0 Å². The largest absolute Gasteiger partial charge is 0.459 e. The maximum atomic E-state index is 11.6. The van der Waals surface area contributed by atoms with Gasteiger partial charge in [0.15, 0.2) is 5.76 Å². The maximum Gasteiger partial charge on any atom is 0.291 e. The van der Waals surface area contributed by atoms with Crippen LogP contribution in [0.1, 0.15) is 22.4 Å². The SMILES string of the molecule is CCc1ccc(NC(=O)c2ccco2)s1. The van der Waals surface area contributed by atoms with Crippen LogP contribution in [0, 0.1) is 0 Å². The second-order valence-electron chi connectivity index (χ2n) is 3.05. The highest BCUT2D eigenvalue weighted by atomic mass is 32.1. The Morgan fingerprint density at radius 2 is 2.33 bits per heavy atom. The number of anilines is 1. The number of hydrogen-bond donors (Lipinski definition) is 1. The highest BCUT2D eigenvalue weighted by Crippen LogP contribution is 2.22. The monoisotopic (exact) mass is 221 g/mol. The summed E-state index contributed by atoms with van der Waals surface area (Å²) in [5.41, 5.74) is 0. The summed E-state index contributed by atoms with van der Waals surface area (Å²) in [4.78, 5) is 12.8. The van der Waals surface area contributed by atoms with Gasteiger partial charge in [0.1, 0.15) is 0 Å². The van der Waals surface area contributed by atoms with Gasteiger partial charge in [-0.25, -0.2) is 0 Å². The first-order valence-corrected chi connectivity index (χ1v) is 5.55. The van der Waals surface area contributed by atoms with E-state index in [1.54, 1.807) is 23.5 Å². The average Bonchev–Trinajstić information content (AvgIpc) is 2.87. The Kier molecular flexibility index (Phi) is 2.87. The molecule has 0 fully saturated rings. The van der Waals surface area contributed by atoms with Crippen LogP contribution in [-0.2, 0) is 6.42 Å². The molecular weight excluding hydrogens is 210 g/mol. The number of carbonyl (C=O) groups is 1. The summed E-state index contributed by atoms with van der Waals surface area (Å²) in [6.45, 7) is 2.09. The van der Waals surface area contributed by atoms with E-state index < -0.39 is 0 Å². The normalized spacial score (nSPS) is 10.2. The standard InChI is InChI=1S/C11H11NO2S/c1-2-8-5-6-10(15-8)12-11(13)9-4-3-7-14-9/h3-7H,2H2,1H3,(H,12,13). The van der Waals surface area contributed by atoms with E-state index in [0.717, 1.165) is 11.4 Å². The zero-order valence-electron chi connectivity index (χ0n) is 8.32. The van der Waals surface area contributed by atoms with Crippen LogP contribution in [0.4, 0.5) is 5.00 Å². The summed E-state index contributed by atoms with van der Waals surface area (Å²) in [5, 5.41) is 3.64. The van der Waals surface area contributed by atoms with Crippen molar-refractivity contribution in [2.75, 3.05) is 5.32 Å². The van der Waals surface area contributed by atoms with Crippen molar-refractivity contribution in [3.05, 3.63) is 41.2 Å². The lowest BCUT2D eigenvalue weighted by atomic mass is 10.4. The summed E-state index contributed by atoms with van der Waals surface area (Å²) in [6, 6.07) is 7.26. The highest BCUT2D eigenvalue weighted by molar-refractivity contribution is 7.16. The molecule has 0 atom stereocenters. The molecule has 2 rings (SSSR count). The number of thiophene rings is 1. The van der Waals surface area contributed by atoms with Gasteiger partial charge in [-0.15, -0.1) is 11.3 Å². The van der Waals surface area contributed by atoms with Crippen LogP contribution in [0.3, 0.4) is 0 Å². The molecule has 0 unspecified atom stereocenters. The van der Waals surface area contributed by atoms with Crippen molar-refractivity contribution in [3.63, 3.8) is 0 Å². The van der Waals surface area contributed by atoms with E-state index in [-0.39, 0.29) is 5.91 Å². The molecule has 1 N–H and O–H groups in total. The summed E-state index contributed by atoms with van der Waals surface area (Å²) in [6.07, 6.45) is 2.47. The molecule has 0 radical (unpaired) electrons. The number of amides is 1. The second-order valence-corrected chi connectivity index (χ2v) is 4.22. The Labute approximate surface area is 91.7 Å². The molecule has 1 amide bonds. The van der Waals surface area contributed by atoms with Crippen LogP contribution in [0.2, 0.25) is 0 Å². The number of carbonyl (C=O) groups excluding carboxylic acids is 1. The van der Waals surface area contributed by atoms with Crippen molar-refractivity contribution in [1.29, 1.82) is 0 Å². The fourth-order valence-corrected chi connectivity index (χ4v) is 2.06. The van der Waals surface area contributed by atoms with Gasteiger partial charge < -0.3 is 9.73 Å². The fourth-order valence-electron chi connectivity index (χ4n) is 1.22. The number of nitrogens with one attached hydrogen (secondary N) is 1. The number of furan rings is 1. The molecule has 15 heavy (non-hydrogen) atoms. The first-order chi connectivity index (χ1) is 7.29. The van der Waals surface area contributed by atoms with Crippen molar-refractivity contribution < 1.29 is 9.21 Å². The topological polar surface area (TPSA) is 42.2 Å². The molecule has 0 aromatic carbocycles. The number of hydrogen-bond acceptors (Lipinski definition) is 3. The number of aryl methyl sites for hydroxylation is 1. The van der Waals surface area contributed by atoms with Crippen LogP contribution < -0.4 is 5.32 Å². The lowest BCUT2D eigenvalue weighted by molar-refractivity contribution is 0.0997. The van der Waals surface area contributed by atoms with Crippen molar-refractivity contribution >= 4 is 22.2 Å². The van der Waals surface area contributed by atoms with E-state index >= 15 is 0 Å². The summed E-state index contributed by atoms with van der Waals surface area (Å²) < 4.78 is 4.99. The van der Waals surface area contributed by atoms with Crippen LogP contribution in [0.5, 0.6) is 0 Å². The minimum Gasteiger partial charge on any atom is -0.459 e. The van der Waals surface area contributed by atoms with E-state index in [1.807, 2.05) is 12.1 Å². The minimum absolute atomic E-state index is 0.204. The molecule has 0 aliphatic heterocycles. The Morgan fingerprint density at radius 1 is 1.47 bits per heavy atom. The molecule has 0 saturated heterocycles. The second kappa shape index (κ2) is 4.31. The fraction of sp³-hybridized carbons (Fsp3) is 0.182. The van der Waals surface area contributed by atoms with Gasteiger partial charge in [0, 0.05) is 4.88 Å². The molecular formula is C11H11NO2S. The third-order valence-corrected chi connectivity index (χ3v) is 3.14. The molecule has 0 aliphatic carbocycles. The Morgan fingerprint density at radius 3 is 2.93 bits per heavy atom. The molecule has 0 spiro atoms. The van der Waals surface area contributed by atoms with Gasteiger partial charge in [-0.1, -0.05) is 6.92 Å². The van der Waals surface area contributed by atoms with Crippen molar-refractivity contribution in [2.24, 2.45) is 0 Å². The Balaban J connectivity index is 2.06. The van der Waals surface area contributed by atoms with Crippen LogP contribution in [0.15, 0.2) is 34.9 Å². The van der Waals surface area contributed by atoms with Crippen LogP contribution >= 0.6 is 11.3 Å². The quantitative estimate of drug-likeness (QED) is 0.865. The lowest BCUT2D eigenvalue weighted by Crippen LogP contribution is -2.09. The smallest absolute Gasteiger partial charge is 0.291 e. The minimum atomic E-state index is -0.204. The maximum absolute atomic E-state index is 11.6. The molecule has 3 nitrogen and oxygen atoms in total. The summed E-state index contributed by atoms with van der Waals surface area (Å²) in [5.74, 6) is 0.131. The van der Waals surface area contributed by atoms with Crippen molar-refractivity contribution in [3.8, 4) is 0 Å². The number of rotatable bonds is 3. The molecule has 2 aromatic rings. The molecule has 0 bridgehead atoms. The zero-order valence-corrected chi connectivity index (χ0v) is 9.14. The first-order valence-electron chi connectivity index (χ1n) is 4.73. The van der Waals surface area contributed by atoms with Gasteiger partial charge in [0.2, 0.25) is 0 Å². The predicted molar refractivity (Wildman–Crippen MR) is 60.4 cm³/mol. The zero-order chi connectivity index (χ0) is 10.7. The molecule has 0 aliphatic rings. The molecule has 2 heterocycles. The third-order valence-electron chi connectivity index (χ3n) is 1.99. The average molecular weight is 221 g/mol. The highest BCUT2D eigenvalue weighted by Gasteiger charge is 2.09. The van der Waals surface area contributed by atoms with Gasteiger partial charge in [-0.3, -0.25) is 4.79 Å². The van der Waals surface area contributed by atoms with E-state index in [1.165, 1.54) is 11.1 Å². The van der Waals surface area contributed by atoms with E-state index in [0.29, 0.717) is 5.76 Å². The van der Waals surface area contributed by atoms with E-state index in [4.69, 9.17) is 4.42 Å². The summed E-state index contributed by atoms with van der Waals surface area (Å²) in [7, 11) is 0. The van der Waals surface area contributed by atoms with Gasteiger partial charge in [-0.05, 0) is 30.7 Å². The van der Waals surface area contributed by atoms with Gasteiger partial charge in [0.05, 0.1) is 11.3 Å². The van der Waals surface area contributed by atoms with E-state index in [2.05, 4.69) is 12.2 Å². The summed E-state index contributed by atoms with van der Waals surface area (Å²) >= 11 is 1.58. The molecule has 4 heteroatoms. The molecule has 78 valence electrons. The van der Waals surface area contributed by atoms with E-state index in [9.17, 15) is 4.79 Å². The van der Waals surface area contributed by atoms with Crippen molar-refractivity contribution in [1.82, 2.24) is 0 Å². The Hall–Kier alpha value is -1.55. The van der Waals surface area contributed by atoms with Crippen LogP contribution in [-0.4, -0.2) is 5.91 Å².